The molecule has 0 fully saturated rings. The van der Waals surface area contributed by atoms with Crippen molar-refractivity contribution in [3.8, 4) is 6.07 Å². The van der Waals surface area contributed by atoms with Gasteiger partial charge in [0.1, 0.15) is 11.4 Å². The summed E-state index contributed by atoms with van der Waals surface area (Å²) in [4.78, 5) is 37.5. The highest BCUT2D eigenvalue weighted by molar-refractivity contribution is 6.03. The van der Waals surface area contributed by atoms with Gasteiger partial charge < -0.3 is 5.32 Å². The van der Waals surface area contributed by atoms with Gasteiger partial charge in [0, 0.05) is 19.2 Å². The molecule has 0 aromatic heterocycles. The molecule has 1 amide bonds. The van der Waals surface area contributed by atoms with Gasteiger partial charge in [0.2, 0.25) is 5.91 Å². The van der Waals surface area contributed by atoms with E-state index in [0.717, 1.165) is 5.56 Å². The van der Waals surface area contributed by atoms with Gasteiger partial charge in [-0.2, -0.15) is 5.26 Å². The molecule has 0 saturated heterocycles. The smallest absolute Gasteiger partial charge is 0.254 e. The molecule has 0 saturated carbocycles. The van der Waals surface area contributed by atoms with Crippen molar-refractivity contribution in [1.29, 1.82) is 5.26 Å². The Morgan fingerprint density at radius 1 is 1.04 bits per heavy atom. The molecule has 0 aliphatic carbocycles. The van der Waals surface area contributed by atoms with Gasteiger partial charge >= 0.3 is 0 Å². The topological polar surface area (TPSA) is 90.3 Å². The summed E-state index contributed by atoms with van der Waals surface area (Å²) in [5, 5.41) is 11.9. The Bertz CT molecular complexity index is 1070. The zero-order valence-corrected chi connectivity index (χ0v) is 14.7. The predicted molar refractivity (Wildman–Crippen MR) is 104 cm³/mol. The van der Waals surface area contributed by atoms with Crippen LogP contribution in [0, 0.1) is 11.3 Å². The maximum atomic E-state index is 12.2. The zero-order valence-electron chi connectivity index (χ0n) is 14.7. The van der Waals surface area contributed by atoms with Crippen molar-refractivity contribution in [2.24, 2.45) is 0 Å². The van der Waals surface area contributed by atoms with Crippen molar-refractivity contribution < 1.29 is 4.79 Å². The lowest BCUT2D eigenvalue weighted by Crippen LogP contribution is -2.42. The molecule has 27 heavy (non-hydrogen) atoms. The van der Waals surface area contributed by atoms with Crippen LogP contribution in [-0.2, 0) is 11.2 Å². The van der Waals surface area contributed by atoms with E-state index in [1.165, 1.54) is 11.8 Å². The van der Waals surface area contributed by atoms with Crippen LogP contribution < -0.4 is 21.1 Å². The van der Waals surface area contributed by atoms with Crippen molar-refractivity contribution in [3.05, 3.63) is 86.2 Å². The van der Waals surface area contributed by atoms with Crippen LogP contribution in [0.1, 0.15) is 18.1 Å². The van der Waals surface area contributed by atoms with Crippen LogP contribution in [0.4, 0.5) is 17.1 Å². The molecule has 134 valence electrons. The average Bonchev–Trinajstić information content (AvgIpc) is 2.70. The second-order valence-electron chi connectivity index (χ2n) is 6.06. The molecule has 3 aromatic carbocycles. The fraction of sp³-hybridized carbons (Fsp3) is 0.143. The van der Waals surface area contributed by atoms with Gasteiger partial charge in [-0.1, -0.05) is 30.3 Å². The fourth-order valence-electron chi connectivity index (χ4n) is 2.89. The van der Waals surface area contributed by atoms with E-state index in [2.05, 4.69) is 5.32 Å². The van der Waals surface area contributed by atoms with E-state index >= 15 is 0 Å². The van der Waals surface area contributed by atoms with Crippen LogP contribution >= 0.6 is 0 Å². The largest absolute Gasteiger partial charge is 0.380 e. The Hall–Kier alpha value is -3.72. The van der Waals surface area contributed by atoms with Crippen molar-refractivity contribution in [2.45, 2.75) is 13.3 Å². The maximum Gasteiger partial charge on any atom is 0.254 e. The van der Waals surface area contributed by atoms with Crippen molar-refractivity contribution in [1.82, 2.24) is 0 Å². The number of nitrogens with zero attached hydrogens (tertiary/aromatic N) is 2. The zero-order chi connectivity index (χ0) is 19.4. The number of hydrogen-bond acceptors (Lipinski definition) is 5. The highest BCUT2D eigenvalue weighted by Gasteiger charge is 2.29. The monoisotopic (exact) mass is 359 g/mol. The molecule has 0 spiro atoms. The van der Waals surface area contributed by atoms with Gasteiger partial charge in [-0.15, -0.1) is 0 Å². The van der Waals surface area contributed by atoms with E-state index in [1.807, 2.05) is 36.4 Å². The minimum Gasteiger partial charge on any atom is -0.380 e. The Labute approximate surface area is 156 Å². The SMILES string of the molecule is CC(=O)N(c1ccc(C#N)cc1)c1c(NCCc2ccccc2)c(=O)c1=O. The molecule has 0 heterocycles. The molecule has 3 rings (SSSR count). The summed E-state index contributed by atoms with van der Waals surface area (Å²) < 4.78 is 0. The van der Waals surface area contributed by atoms with Crippen LogP contribution in [0.3, 0.4) is 0 Å². The Balaban J connectivity index is 1.85. The first-order valence-electron chi connectivity index (χ1n) is 8.45. The summed E-state index contributed by atoms with van der Waals surface area (Å²) >= 11 is 0. The van der Waals surface area contributed by atoms with Crippen LogP contribution in [0.2, 0.25) is 0 Å². The molecule has 0 radical (unpaired) electrons. The number of carbonyl (C=O) groups excluding carboxylic acids is 1. The maximum absolute atomic E-state index is 12.2. The number of rotatable bonds is 6. The van der Waals surface area contributed by atoms with Gasteiger partial charge in [0.05, 0.1) is 11.6 Å². The van der Waals surface area contributed by atoms with E-state index in [0.29, 0.717) is 24.2 Å². The van der Waals surface area contributed by atoms with Crippen LogP contribution in [0.5, 0.6) is 0 Å². The molecular weight excluding hydrogens is 342 g/mol. The number of nitriles is 1. The highest BCUT2D eigenvalue weighted by Crippen LogP contribution is 2.29. The van der Waals surface area contributed by atoms with Crippen molar-refractivity contribution in [2.75, 3.05) is 16.8 Å². The number of amides is 1. The second kappa shape index (κ2) is 7.67. The molecule has 6 nitrogen and oxygen atoms in total. The van der Waals surface area contributed by atoms with E-state index < -0.39 is 16.8 Å². The first-order chi connectivity index (χ1) is 13.0. The standard InChI is InChI=1S/C21H17N3O3/c1-14(25)24(17-9-7-16(13-22)8-10-17)19-18(20(26)21(19)27)23-12-11-15-5-3-2-4-6-15/h2-10,23H,11-12H2,1H3. The Morgan fingerprint density at radius 2 is 1.70 bits per heavy atom. The lowest BCUT2D eigenvalue weighted by molar-refractivity contribution is -0.115. The number of hydrogen-bond donors (Lipinski definition) is 1. The minimum atomic E-state index is -0.697. The second-order valence-corrected chi connectivity index (χ2v) is 6.06. The van der Waals surface area contributed by atoms with Crippen LogP contribution in [0.25, 0.3) is 0 Å². The number of nitrogens with one attached hydrogen (secondary N) is 1. The number of anilines is 3. The van der Waals surface area contributed by atoms with Gasteiger partial charge in [0.15, 0.2) is 0 Å². The highest BCUT2D eigenvalue weighted by atomic mass is 16.2. The summed E-state index contributed by atoms with van der Waals surface area (Å²) in [6, 6.07) is 18.0. The van der Waals surface area contributed by atoms with E-state index in [1.54, 1.807) is 24.3 Å². The summed E-state index contributed by atoms with van der Waals surface area (Å²) in [6.45, 7) is 1.78. The summed E-state index contributed by atoms with van der Waals surface area (Å²) in [6.07, 6.45) is 0.677. The van der Waals surface area contributed by atoms with E-state index in [-0.39, 0.29) is 11.4 Å². The molecule has 0 bridgehead atoms. The minimum absolute atomic E-state index is 0.0465. The third kappa shape index (κ3) is 3.62. The molecule has 3 aromatic rings. The normalized spacial score (nSPS) is 10.4. The Kier molecular flexibility index (Phi) is 5.13. The molecule has 0 unspecified atom stereocenters. The van der Waals surface area contributed by atoms with Gasteiger partial charge in [-0.05, 0) is 36.2 Å². The summed E-state index contributed by atoms with van der Waals surface area (Å²) in [5.74, 6) is -0.391. The van der Waals surface area contributed by atoms with Gasteiger partial charge in [0.25, 0.3) is 10.9 Å². The predicted octanol–water partition coefficient (Wildman–Crippen LogP) is 2.49. The third-order valence-electron chi connectivity index (χ3n) is 4.24. The quantitative estimate of drug-likeness (QED) is 0.683. The molecule has 0 atom stereocenters. The lowest BCUT2D eigenvalue weighted by atomic mass is 10.1. The molecule has 1 N–H and O–H groups in total. The van der Waals surface area contributed by atoms with Gasteiger partial charge in [-0.25, -0.2) is 0 Å². The Morgan fingerprint density at radius 3 is 2.30 bits per heavy atom. The molecule has 6 heteroatoms. The first-order valence-corrected chi connectivity index (χ1v) is 8.45. The molecule has 0 aliphatic heterocycles. The average molecular weight is 359 g/mol. The number of benzene rings is 2. The van der Waals surface area contributed by atoms with Crippen molar-refractivity contribution >= 4 is 23.0 Å². The molecule has 0 aliphatic rings. The lowest BCUT2D eigenvalue weighted by Gasteiger charge is -2.25. The third-order valence-corrected chi connectivity index (χ3v) is 4.24. The first kappa shape index (κ1) is 18.1. The fourth-order valence-corrected chi connectivity index (χ4v) is 2.89. The van der Waals surface area contributed by atoms with Crippen molar-refractivity contribution in [3.63, 3.8) is 0 Å². The van der Waals surface area contributed by atoms with Crippen LogP contribution in [0.15, 0.2) is 64.2 Å². The van der Waals surface area contributed by atoms with Crippen LogP contribution in [-0.4, -0.2) is 12.5 Å². The summed E-state index contributed by atoms with van der Waals surface area (Å²) in [7, 11) is 0. The molecular formula is C21H17N3O3. The van der Waals surface area contributed by atoms with Gasteiger partial charge in [-0.3, -0.25) is 19.3 Å². The number of carbonyl (C=O) groups is 1. The summed E-state index contributed by atoms with van der Waals surface area (Å²) in [5.41, 5.74) is 0.837. The van der Waals surface area contributed by atoms with E-state index in [9.17, 15) is 14.4 Å². The van der Waals surface area contributed by atoms with E-state index in [4.69, 9.17) is 5.26 Å².